The Balaban J connectivity index is 2.24. The van der Waals surface area contributed by atoms with Gasteiger partial charge in [-0.2, -0.15) is 0 Å². The summed E-state index contributed by atoms with van der Waals surface area (Å²) in [7, 11) is 1.69. The Hall–Kier alpha value is -0.930. The fourth-order valence-corrected chi connectivity index (χ4v) is 2.61. The van der Waals surface area contributed by atoms with Gasteiger partial charge in [0.1, 0.15) is 5.82 Å². The molecule has 2 rings (SSSR count). The van der Waals surface area contributed by atoms with Crippen molar-refractivity contribution in [3.05, 3.63) is 35.6 Å². The summed E-state index contributed by atoms with van der Waals surface area (Å²) in [6.07, 6.45) is 0. The molecule has 3 heteroatoms. The van der Waals surface area contributed by atoms with Crippen LogP contribution in [0.1, 0.15) is 32.4 Å². The van der Waals surface area contributed by atoms with Gasteiger partial charge in [0.25, 0.3) is 0 Å². The lowest BCUT2D eigenvalue weighted by Crippen LogP contribution is -2.28. The predicted octanol–water partition coefficient (Wildman–Crippen LogP) is 3.00. The van der Waals surface area contributed by atoms with E-state index in [0.717, 1.165) is 5.56 Å². The van der Waals surface area contributed by atoms with Crippen molar-refractivity contribution < 1.29 is 9.13 Å². The summed E-state index contributed by atoms with van der Waals surface area (Å²) < 4.78 is 19.0. The van der Waals surface area contributed by atoms with Gasteiger partial charge in [-0.25, -0.2) is 4.39 Å². The van der Waals surface area contributed by atoms with Gasteiger partial charge < -0.3 is 4.74 Å². The second kappa shape index (κ2) is 4.39. The number of benzene rings is 1. The van der Waals surface area contributed by atoms with Crippen LogP contribution in [0.2, 0.25) is 0 Å². The lowest BCUT2D eigenvalue weighted by atomic mass is 10.1. The van der Waals surface area contributed by atoms with Crippen LogP contribution < -0.4 is 0 Å². The average molecular weight is 237 g/mol. The van der Waals surface area contributed by atoms with Gasteiger partial charge in [0.05, 0.1) is 18.7 Å². The highest BCUT2D eigenvalue weighted by Crippen LogP contribution is 2.49. The molecule has 1 aliphatic rings. The minimum atomic E-state index is -0.120. The Kier molecular flexibility index (Phi) is 3.23. The van der Waals surface area contributed by atoms with Gasteiger partial charge in [0.2, 0.25) is 0 Å². The minimum absolute atomic E-state index is 0.0378. The van der Waals surface area contributed by atoms with Crippen LogP contribution >= 0.6 is 0 Å². The summed E-state index contributed by atoms with van der Waals surface area (Å²) in [6.45, 7) is 7.10. The predicted molar refractivity (Wildman–Crippen MR) is 66.4 cm³/mol. The van der Waals surface area contributed by atoms with Crippen molar-refractivity contribution in [2.24, 2.45) is 0 Å². The molecule has 17 heavy (non-hydrogen) atoms. The first-order valence-electron chi connectivity index (χ1n) is 5.98. The van der Waals surface area contributed by atoms with E-state index in [9.17, 15) is 4.39 Å². The zero-order valence-corrected chi connectivity index (χ0v) is 10.9. The van der Waals surface area contributed by atoms with Crippen LogP contribution in [0.3, 0.4) is 0 Å². The van der Waals surface area contributed by atoms with E-state index < -0.39 is 0 Å². The molecule has 1 aromatic rings. The molecule has 0 bridgehead atoms. The third kappa shape index (κ3) is 2.35. The van der Waals surface area contributed by atoms with Crippen LogP contribution in [-0.4, -0.2) is 30.2 Å². The number of methoxy groups -OCH3 is 1. The van der Waals surface area contributed by atoms with E-state index in [2.05, 4.69) is 25.7 Å². The molecule has 1 unspecified atom stereocenters. The van der Waals surface area contributed by atoms with Gasteiger partial charge in [-0.15, -0.1) is 0 Å². The highest BCUT2D eigenvalue weighted by Gasteiger charge is 2.54. The van der Waals surface area contributed by atoms with Gasteiger partial charge in [0, 0.05) is 18.2 Å². The molecule has 0 radical (unpaired) electrons. The molecule has 0 amide bonds. The van der Waals surface area contributed by atoms with E-state index >= 15 is 0 Å². The Bertz CT molecular complexity index is 399. The topological polar surface area (TPSA) is 12.2 Å². The number of hydrogen-bond acceptors (Lipinski definition) is 2. The Labute approximate surface area is 102 Å². The van der Waals surface area contributed by atoms with Gasteiger partial charge >= 0.3 is 0 Å². The molecule has 2 nitrogen and oxygen atoms in total. The van der Waals surface area contributed by atoms with Crippen molar-refractivity contribution in [2.75, 3.05) is 13.7 Å². The van der Waals surface area contributed by atoms with E-state index in [-0.39, 0.29) is 23.4 Å². The van der Waals surface area contributed by atoms with E-state index in [0.29, 0.717) is 6.61 Å². The number of rotatable bonds is 3. The van der Waals surface area contributed by atoms with Crippen LogP contribution in [0.25, 0.3) is 0 Å². The number of hydrogen-bond donors (Lipinski definition) is 0. The molecular weight excluding hydrogens is 217 g/mol. The van der Waals surface area contributed by atoms with Gasteiger partial charge in [-0.05, 0) is 26.8 Å². The maximum absolute atomic E-state index is 13.8. The molecule has 0 N–H and O–H groups in total. The average Bonchev–Trinajstić information content (AvgIpc) is 2.93. The van der Waals surface area contributed by atoms with Crippen molar-refractivity contribution in [3.8, 4) is 0 Å². The normalized spacial score (nSPS) is 28.2. The number of ether oxygens (including phenoxy) is 1. The van der Waals surface area contributed by atoms with Gasteiger partial charge in [-0.3, -0.25) is 4.90 Å². The summed E-state index contributed by atoms with van der Waals surface area (Å²) in [5.41, 5.74) is 0.820. The molecule has 1 heterocycles. The molecule has 1 aromatic carbocycles. The fraction of sp³-hybridized carbons (Fsp3) is 0.571. The Morgan fingerprint density at radius 2 is 1.94 bits per heavy atom. The molecule has 0 spiro atoms. The lowest BCUT2D eigenvalue weighted by molar-refractivity contribution is 0.168. The molecule has 94 valence electrons. The highest BCUT2D eigenvalue weighted by molar-refractivity contribution is 5.30. The van der Waals surface area contributed by atoms with E-state index in [1.807, 2.05) is 12.1 Å². The van der Waals surface area contributed by atoms with E-state index in [1.165, 1.54) is 6.07 Å². The zero-order valence-electron chi connectivity index (χ0n) is 10.9. The molecule has 0 aromatic heterocycles. The summed E-state index contributed by atoms with van der Waals surface area (Å²) in [5, 5.41) is 0. The van der Waals surface area contributed by atoms with Crippen molar-refractivity contribution in [1.82, 2.24) is 4.90 Å². The Morgan fingerprint density at radius 1 is 1.29 bits per heavy atom. The summed E-state index contributed by atoms with van der Waals surface area (Å²) in [6, 6.07) is 7.45. The monoisotopic (exact) mass is 237 g/mol. The third-order valence-electron chi connectivity index (χ3n) is 3.27. The van der Waals surface area contributed by atoms with Crippen LogP contribution in [0.5, 0.6) is 0 Å². The van der Waals surface area contributed by atoms with Crippen LogP contribution in [0.15, 0.2) is 24.3 Å². The first-order valence-corrected chi connectivity index (χ1v) is 5.98. The third-order valence-corrected chi connectivity index (χ3v) is 3.27. The van der Waals surface area contributed by atoms with Gasteiger partial charge in [0.15, 0.2) is 0 Å². The van der Waals surface area contributed by atoms with Crippen LogP contribution in [-0.2, 0) is 4.74 Å². The molecule has 1 saturated heterocycles. The maximum atomic E-state index is 13.8. The highest BCUT2D eigenvalue weighted by atomic mass is 19.1. The van der Waals surface area contributed by atoms with Crippen molar-refractivity contribution >= 4 is 0 Å². The van der Waals surface area contributed by atoms with Crippen molar-refractivity contribution in [3.63, 3.8) is 0 Å². The smallest absolute Gasteiger partial charge is 0.128 e. The van der Waals surface area contributed by atoms with E-state index in [4.69, 9.17) is 4.74 Å². The van der Waals surface area contributed by atoms with Crippen molar-refractivity contribution in [1.29, 1.82) is 0 Å². The molecule has 0 aliphatic carbocycles. The SMILES string of the molecule is COC[C@@H]1[C@@H](c2ccccc2F)N1C(C)(C)C. The largest absolute Gasteiger partial charge is 0.383 e. The summed E-state index contributed by atoms with van der Waals surface area (Å²) >= 11 is 0. The number of halogens is 1. The summed E-state index contributed by atoms with van der Waals surface area (Å²) in [5.74, 6) is -0.120. The lowest BCUT2D eigenvalue weighted by Gasteiger charge is -2.22. The summed E-state index contributed by atoms with van der Waals surface area (Å²) in [4.78, 5) is 2.30. The molecule has 1 aliphatic heterocycles. The van der Waals surface area contributed by atoms with E-state index in [1.54, 1.807) is 13.2 Å². The maximum Gasteiger partial charge on any atom is 0.128 e. The van der Waals surface area contributed by atoms with Crippen molar-refractivity contribution in [2.45, 2.75) is 38.4 Å². The van der Waals surface area contributed by atoms with Gasteiger partial charge in [-0.1, -0.05) is 18.2 Å². The first kappa shape index (κ1) is 12.5. The van der Waals surface area contributed by atoms with Crippen LogP contribution in [0, 0.1) is 5.82 Å². The second-order valence-corrected chi connectivity index (χ2v) is 5.57. The molecular formula is C14H20FNO. The number of nitrogens with zero attached hydrogens (tertiary/aromatic N) is 1. The van der Waals surface area contributed by atoms with Crippen LogP contribution in [0.4, 0.5) is 4.39 Å². The zero-order chi connectivity index (χ0) is 12.6. The fourth-order valence-electron chi connectivity index (χ4n) is 2.61. The quantitative estimate of drug-likeness (QED) is 0.749. The first-order chi connectivity index (χ1) is 7.96. The minimum Gasteiger partial charge on any atom is -0.383 e. The molecule has 1 fully saturated rings. The molecule has 3 atom stereocenters. The standard InChI is InChI=1S/C14H20FNO/c1-14(2,3)16-12(9-17-4)13(16)10-7-5-6-8-11(10)15/h5-8,12-13H,9H2,1-4H3/t12-,13-,16?/m1/s1. The molecule has 0 saturated carbocycles. The Morgan fingerprint density at radius 3 is 2.47 bits per heavy atom. The second-order valence-electron chi connectivity index (χ2n) is 5.57.